The number of hydrogen-bond acceptors (Lipinski definition) is 1. The molecule has 6 rings (SSSR count). The molecule has 31 heavy (non-hydrogen) atoms. The van der Waals surface area contributed by atoms with E-state index in [1.165, 1.54) is 44.2 Å². The average Bonchev–Trinajstić information content (AvgIpc) is 3.10. The molecule has 1 nitrogen and oxygen atoms in total. The fraction of sp³-hybridized carbons (Fsp3) is 0.0667. The number of phenolic OH excluding ortho intramolecular Hbond substituents is 1. The van der Waals surface area contributed by atoms with E-state index in [9.17, 15) is 5.11 Å². The van der Waals surface area contributed by atoms with Gasteiger partial charge in [-0.2, -0.15) is 0 Å². The summed E-state index contributed by atoms with van der Waals surface area (Å²) in [6.45, 7) is 0. The van der Waals surface area contributed by atoms with Crippen molar-refractivity contribution in [3.63, 3.8) is 0 Å². The van der Waals surface area contributed by atoms with E-state index in [1.54, 1.807) is 12.1 Å². The van der Waals surface area contributed by atoms with Crippen LogP contribution < -0.4 is 0 Å². The van der Waals surface area contributed by atoms with Crippen LogP contribution in [0.4, 0.5) is 0 Å². The molecule has 5 aromatic carbocycles. The Morgan fingerprint density at radius 2 is 1.13 bits per heavy atom. The van der Waals surface area contributed by atoms with Gasteiger partial charge in [-0.1, -0.05) is 103 Å². The monoisotopic (exact) mass is 398 g/mol. The second-order valence-electron chi connectivity index (χ2n) is 8.40. The van der Waals surface area contributed by atoms with Crippen LogP contribution in [0.15, 0.2) is 115 Å². The minimum absolute atomic E-state index is 0.296. The molecule has 0 atom stereocenters. The Balaban J connectivity index is 1.64. The largest absolute Gasteiger partial charge is 0.508 e. The van der Waals surface area contributed by atoms with Crippen LogP contribution in [-0.2, 0) is 11.8 Å². The molecule has 1 heteroatoms. The second kappa shape index (κ2) is 6.85. The highest BCUT2D eigenvalue weighted by Gasteiger charge is 2.44. The summed E-state index contributed by atoms with van der Waals surface area (Å²) in [5.41, 5.74) is 7.46. The molecular weight excluding hydrogens is 376 g/mol. The summed E-state index contributed by atoms with van der Waals surface area (Å²) >= 11 is 0. The SMILES string of the molecule is Oc1ccc(C2(Cc3ccc4ccccc4c3)c3ccccc3-c3ccccc32)cc1. The molecule has 0 fully saturated rings. The fourth-order valence-corrected chi connectivity index (χ4v) is 5.33. The van der Waals surface area contributed by atoms with Crippen molar-refractivity contribution >= 4 is 10.8 Å². The molecule has 1 aliphatic carbocycles. The minimum Gasteiger partial charge on any atom is -0.508 e. The maximum Gasteiger partial charge on any atom is 0.115 e. The fourth-order valence-electron chi connectivity index (χ4n) is 5.33. The van der Waals surface area contributed by atoms with Gasteiger partial charge in [0.25, 0.3) is 0 Å². The summed E-state index contributed by atoms with van der Waals surface area (Å²) in [5.74, 6) is 0.296. The van der Waals surface area contributed by atoms with Crippen LogP contribution >= 0.6 is 0 Å². The highest BCUT2D eigenvalue weighted by molar-refractivity contribution is 5.85. The number of hydrogen-bond donors (Lipinski definition) is 1. The van der Waals surface area contributed by atoms with Crippen LogP contribution in [0.1, 0.15) is 22.3 Å². The Morgan fingerprint density at radius 3 is 1.81 bits per heavy atom. The first-order chi connectivity index (χ1) is 15.3. The smallest absolute Gasteiger partial charge is 0.115 e. The molecule has 0 aliphatic heterocycles. The molecule has 0 radical (unpaired) electrons. The van der Waals surface area contributed by atoms with Crippen molar-refractivity contribution in [1.82, 2.24) is 0 Å². The number of fused-ring (bicyclic) bond motifs is 4. The molecule has 0 saturated heterocycles. The first kappa shape index (κ1) is 18.0. The third-order valence-corrected chi connectivity index (χ3v) is 6.71. The highest BCUT2D eigenvalue weighted by Crippen LogP contribution is 2.54. The van der Waals surface area contributed by atoms with Gasteiger partial charge in [0.15, 0.2) is 0 Å². The van der Waals surface area contributed by atoms with Crippen molar-refractivity contribution in [2.24, 2.45) is 0 Å². The van der Waals surface area contributed by atoms with Crippen LogP contribution in [-0.4, -0.2) is 5.11 Å². The Bertz CT molecular complexity index is 1370. The van der Waals surface area contributed by atoms with Crippen LogP contribution in [0.2, 0.25) is 0 Å². The summed E-state index contributed by atoms with van der Waals surface area (Å²) in [7, 11) is 0. The molecule has 0 bridgehead atoms. The molecule has 0 spiro atoms. The molecule has 1 N–H and O–H groups in total. The number of aromatic hydroxyl groups is 1. The first-order valence-electron chi connectivity index (χ1n) is 10.7. The zero-order chi connectivity index (χ0) is 20.8. The van der Waals surface area contributed by atoms with Gasteiger partial charge < -0.3 is 5.11 Å². The van der Waals surface area contributed by atoms with Crippen molar-refractivity contribution in [2.75, 3.05) is 0 Å². The van der Waals surface area contributed by atoms with Crippen molar-refractivity contribution in [3.05, 3.63) is 138 Å². The normalized spacial score (nSPS) is 13.7. The standard InChI is InChI=1S/C30H22O/c31-25-17-15-24(16-18-25)30(20-21-13-14-22-7-1-2-8-23(22)19-21)28-11-5-3-9-26(28)27-10-4-6-12-29(27)30/h1-19,31H,20H2. The summed E-state index contributed by atoms with van der Waals surface area (Å²) in [6, 6.07) is 40.6. The topological polar surface area (TPSA) is 20.2 Å². The van der Waals surface area contributed by atoms with Crippen molar-refractivity contribution < 1.29 is 5.11 Å². The van der Waals surface area contributed by atoms with Gasteiger partial charge >= 0.3 is 0 Å². The lowest BCUT2D eigenvalue weighted by molar-refractivity contribution is 0.474. The van der Waals surface area contributed by atoms with Gasteiger partial charge in [0.1, 0.15) is 5.75 Å². The minimum atomic E-state index is -0.302. The quantitative estimate of drug-likeness (QED) is 0.343. The van der Waals surface area contributed by atoms with Gasteiger partial charge in [0.05, 0.1) is 5.41 Å². The number of rotatable bonds is 3. The third-order valence-electron chi connectivity index (χ3n) is 6.71. The third kappa shape index (κ3) is 2.70. The molecule has 0 unspecified atom stereocenters. The first-order valence-corrected chi connectivity index (χ1v) is 10.7. The summed E-state index contributed by atoms with van der Waals surface area (Å²) in [6.07, 6.45) is 0.858. The molecule has 148 valence electrons. The Morgan fingerprint density at radius 1 is 0.548 bits per heavy atom. The van der Waals surface area contributed by atoms with Crippen LogP contribution in [0, 0.1) is 0 Å². The lowest BCUT2D eigenvalue weighted by atomic mass is 9.68. The van der Waals surface area contributed by atoms with Gasteiger partial charge in [-0.05, 0) is 62.7 Å². The lowest BCUT2D eigenvalue weighted by Crippen LogP contribution is -2.29. The molecule has 0 amide bonds. The van der Waals surface area contributed by atoms with E-state index in [4.69, 9.17) is 0 Å². The van der Waals surface area contributed by atoms with Crippen LogP contribution in [0.25, 0.3) is 21.9 Å². The van der Waals surface area contributed by atoms with Gasteiger partial charge in [-0.15, -0.1) is 0 Å². The summed E-state index contributed by atoms with van der Waals surface area (Å²) < 4.78 is 0. The van der Waals surface area contributed by atoms with E-state index in [1.807, 2.05) is 0 Å². The number of benzene rings is 5. The Hall–Kier alpha value is -3.84. The van der Waals surface area contributed by atoms with Crippen molar-refractivity contribution in [3.8, 4) is 16.9 Å². The van der Waals surface area contributed by atoms with Crippen molar-refractivity contribution in [1.29, 1.82) is 0 Å². The second-order valence-corrected chi connectivity index (χ2v) is 8.40. The van der Waals surface area contributed by atoms with Gasteiger partial charge in [-0.25, -0.2) is 0 Å². The predicted molar refractivity (Wildman–Crippen MR) is 128 cm³/mol. The van der Waals surface area contributed by atoms with Crippen LogP contribution in [0.3, 0.4) is 0 Å². The van der Waals surface area contributed by atoms with E-state index in [0.29, 0.717) is 5.75 Å². The van der Waals surface area contributed by atoms with E-state index in [2.05, 4.69) is 103 Å². The summed E-state index contributed by atoms with van der Waals surface area (Å²) in [4.78, 5) is 0. The Labute approximate surface area is 182 Å². The van der Waals surface area contributed by atoms with E-state index in [0.717, 1.165) is 6.42 Å². The Kier molecular flexibility index (Phi) is 3.97. The zero-order valence-corrected chi connectivity index (χ0v) is 17.1. The predicted octanol–water partition coefficient (Wildman–Crippen LogP) is 7.10. The van der Waals surface area contributed by atoms with Gasteiger partial charge in [-0.3, -0.25) is 0 Å². The molecule has 0 heterocycles. The molecule has 0 saturated carbocycles. The molecular formula is C30H22O. The molecule has 0 aromatic heterocycles. The van der Waals surface area contributed by atoms with Gasteiger partial charge in [0, 0.05) is 0 Å². The van der Waals surface area contributed by atoms with Crippen LogP contribution in [0.5, 0.6) is 5.75 Å². The highest BCUT2D eigenvalue weighted by atomic mass is 16.3. The van der Waals surface area contributed by atoms with E-state index in [-0.39, 0.29) is 5.41 Å². The van der Waals surface area contributed by atoms with Crippen molar-refractivity contribution in [2.45, 2.75) is 11.8 Å². The maximum atomic E-state index is 9.98. The zero-order valence-electron chi connectivity index (χ0n) is 17.1. The average molecular weight is 399 g/mol. The summed E-state index contributed by atoms with van der Waals surface area (Å²) in [5, 5.41) is 12.5. The van der Waals surface area contributed by atoms with E-state index < -0.39 is 0 Å². The lowest BCUT2D eigenvalue weighted by Gasteiger charge is -2.33. The molecule has 5 aromatic rings. The van der Waals surface area contributed by atoms with E-state index >= 15 is 0 Å². The molecule has 1 aliphatic rings. The van der Waals surface area contributed by atoms with Gasteiger partial charge in [0.2, 0.25) is 0 Å². The number of phenols is 1. The maximum absolute atomic E-state index is 9.98.